The van der Waals surface area contributed by atoms with Gasteiger partial charge in [0.2, 0.25) is 5.91 Å². The molecule has 0 saturated carbocycles. The third-order valence-corrected chi connectivity index (χ3v) is 5.90. The number of nitrogens with one attached hydrogen (secondary N) is 1. The topological polar surface area (TPSA) is 75.7 Å². The minimum atomic E-state index is -0.594. The molecule has 0 unspecified atom stereocenters. The van der Waals surface area contributed by atoms with Crippen molar-refractivity contribution in [2.75, 3.05) is 23.4 Å². The molecule has 7 heteroatoms. The maximum Gasteiger partial charge on any atom is 0.311 e. The molecule has 0 aromatic heterocycles. The molecule has 0 bridgehead atoms. The molecule has 1 N–H and O–H groups in total. The average molecular weight is 443 g/mol. The van der Waals surface area contributed by atoms with Gasteiger partial charge in [-0.25, -0.2) is 0 Å². The highest BCUT2D eigenvalue weighted by Gasteiger charge is 2.37. The molecule has 1 atom stereocenters. The van der Waals surface area contributed by atoms with Crippen molar-refractivity contribution in [3.05, 3.63) is 58.1 Å². The minimum Gasteiger partial charge on any atom is -0.455 e. The van der Waals surface area contributed by atoms with Crippen LogP contribution >= 0.6 is 11.6 Å². The summed E-state index contributed by atoms with van der Waals surface area (Å²) in [5.74, 6) is -1.70. The monoisotopic (exact) mass is 442 g/mol. The van der Waals surface area contributed by atoms with E-state index in [0.29, 0.717) is 10.7 Å². The van der Waals surface area contributed by atoms with E-state index in [1.807, 2.05) is 39.0 Å². The molecule has 3 rings (SSSR count). The van der Waals surface area contributed by atoms with Crippen molar-refractivity contribution in [3.63, 3.8) is 0 Å². The molecule has 1 fully saturated rings. The molecule has 1 heterocycles. The van der Waals surface area contributed by atoms with Gasteiger partial charge < -0.3 is 15.0 Å². The number of anilines is 2. The smallest absolute Gasteiger partial charge is 0.311 e. The minimum absolute atomic E-state index is 0.0786. The summed E-state index contributed by atoms with van der Waals surface area (Å²) in [6, 6.07) is 11.2. The number of amides is 2. The van der Waals surface area contributed by atoms with Gasteiger partial charge in [-0.2, -0.15) is 0 Å². The fraction of sp³-hybridized carbons (Fsp3) is 0.375. The Balaban J connectivity index is 1.61. The standard InChI is InChI=1S/C24H27ClN2O4/c1-4-16-7-6-8-17(5-2)23(16)27-13-18(11-22(27)29)24(30)31-14-21(28)26-19-10-9-15(3)20(25)12-19/h6-10,12,18H,4-5,11,13-14H2,1-3H3,(H,26,28)/t18-/m0/s1. The highest BCUT2D eigenvalue weighted by Crippen LogP contribution is 2.32. The number of ether oxygens (including phenoxy) is 1. The van der Waals surface area contributed by atoms with E-state index in [4.69, 9.17) is 16.3 Å². The van der Waals surface area contributed by atoms with Gasteiger partial charge in [-0.15, -0.1) is 0 Å². The van der Waals surface area contributed by atoms with Crippen LogP contribution in [0.3, 0.4) is 0 Å². The molecule has 1 aliphatic rings. The van der Waals surface area contributed by atoms with Gasteiger partial charge in [0, 0.05) is 29.4 Å². The lowest BCUT2D eigenvalue weighted by atomic mass is 10.0. The largest absolute Gasteiger partial charge is 0.455 e. The van der Waals surface area contributed by atoms with Crippen molar-refractivity contribution in [3.8, 4) is 0 Å². The number of hydrogen-bond acceptors (Lipinski definition) is 4. The predicted molar refractivity (Wildman–Crippen MR) is 121 cm³/mol. The number of benzene rings is 2. The molecular formula is C24H27ClN2O4. The summed E-state index contributed by atoms with van der Waals surface area (Å²) in [6.45, 7) is 5.80. The van der Waals surface area contributed by atoms with Crippen molar-refractivity contribution in [2.45, 2.75) is 40.0 Å². The van der Waals surface area contributed by atoms with E-state index in [1.54, 1.807) is 23.1 Å². The Morgan fingerprint density at radius 2 is 1.84 bits per heavy atom. The van der Waals surface area contributed by atoms with Crippen LogP contribution in [0, 0.1) is 12.8 Å². The number of hydrogen-bond donors (Lipinski definition) is 1. The van der Waals surface area contributed by atoms with Crippen LogP contribution in [0.5, 0.6) is 0 Å². The zero-order chi connectivity index (χ0) is 22.5. The second-order valence-corrected chi connectivity index (χ2v) is 8.06. The number of esters is 1. The van der Waals surface area contributed by atoms with Gasteiger partial charge in [-0.3, -0.25) is 14.4 Å². The van der Waals surface area contributed by atoms with Crippen molar-refractivity contribution >= 4 is 40.8 Å². The summed E-state index contributed by atoms with van der Waals surface area (Å²) >= 11 is 6.06. The maximum absolute atomic E-state index is 12.7. The molecule has 2 aromatic rings. The summed E-state index contributed by atoms with van der Waals surface area (Å²) in [5.41, 5.74) is 4.50. The van der Waals surface area contributed by atoms with E-state index in [9.17, 15) is 14.4 Å². The summed E-state index contributed by atoms with van der Waals surface area (Å²) in [5, 5.41) is 3.19. The first-order valence-electron chi connectivity index (χ1n) is 10.5. The van der Waals surface area contributed by atoms with E-state index < -0.39 is 24.4 Å². The Kier molecular flexibility index (Phi) is 7.33. The van der Waals surface area contributed by atoms with Crippen molar-refractivity contribution < 1.29 is 19.1 Å². The maximum atomic E-state index is 12.7. The van der Waals surface area contributed by atoms with E-state index in [1.165, 1.54) is 0 Å². The van der Waals surface area contributed by atoms with Crippen LogP contribution in [-0.2, 0) is 32.0 Å². The molecule has 0 spiro atoms. The van der Waals surface area contributed by atoms with Crippen LogP contribution in [0.25, 0.3) is 0 Å². The summed E-state index contributed by atoms with van der Waals surface area (Å²) in [4.78, 5) is 39.0. The summed E-state index contributed by atoms with van der Waals surface area (Å²) in [6.07, 6.45) is 1.67. The number of rotatable bonds is 7. The van der Waals surface area contributed by atoms with Gasteiger partial charge >= 0.3 is 5.97 Å². The number of carbonyl (C=O) groups excluding carboxylic acids is 3. The highest BCUT2D eigenvalue weighted by molar-refractivity contribution is 6.31. The first kappa shape index (κ1) is 22.8. The van der Waals surface area contributed by atoms with Gasteiger partial charge in [-0.1, -0.05) is 49.7 Å². The van der Waals surface area contributed by atoms with Crippen molar-refractivity contribution in [2.24, 2.45) is 5.92 Å². The summed E-state index contributed by atoms with van der Waals surface area (Å²) < 4.78 is 5.20. The predicted octanol–water partition coefficient (Wildman–Crippen LogP) is 4.31. The molecule has 6 nitrogen and oxygen atoms in total. The van der Waals surface area contributed by atoms with Gasteiger partial charge in [-0.05, 0) is 48.6 Å². The molecule has 1 aliphatic heterocycles. The molecule has 2 aromatic carbocycles. The molecule has 1 saturated heterocycles. The van der Waals surface area contributed by atoms with E-state index in [2.05, 4.69) is 5.32 Å². The second-order valence-electron chi connectivity index (χ2n) is 7.66. The third kappa shape index (κ3) is 5.25. The van der Waals surface area contributed by atoms with Crippen LogP contribution in [-0.4, -0.2) is 30.9 Å². The van der Waals surface area contributed by atoms with Gasteiger partial charge in [0.1, 0.15) is 0 Å². The van der Waals surface area contributed by atoms with Crippen LogP contribution < -0.4 is 10.2 Å². The van der Waals surface area contributed by atoms with E-state index >= 15 is 0 Å². The Morgan fingerprint density at radius 3 is 2.45 bits per heavy atom. The van der Waals surface area contributed by atoms with Crippen LogP contribution in [0.2, 0.25) is 5.02 Å². The molecule has 0 radical (unpaired) electrons. The number of para-hydroxylation sites is 1. The lowest BCUT2D eigenvalue weighted by Gasteiger charge is -2.23. The van der Waals surface area contributed by atoms with Crippen molar-refractivity contribution in [1.29, 1.82) is 0 Å². The SMILES string of the molecule is CCc1cccc(CC)c1N1C[C@@H](C(=O)OCC(=O)Nc2ccc(C)c(Cl)c2)CC1=O. The number of aryl methyl sites for hydroxylation is 3. The number of halogens is 1. The second kappa shape index (κ2) is 9.96. The van der Waals surface area contributed by atoms with E-state index in [-0.39, 0.29) is 18.9 Å². The first-order chi connectivity index (χ1) is 14.8. The fourth-order valence-electron chi connectivity index (χ4n) is 3.77. The number of carbonyl (C=O) groups is 3. The van der Waals surface area contributed by atoms with Gasteiger partial charge in [0.15, 0.2) is 6.61 Å². The average Bonchev–Trinajstić information content (AvgIpc) is 3.15. The number of nitrogens with zero attached hydrogens (tertiary/aromatic N) is 1. The normalized spacial score (nSPS) is 15.8. The zero-order valence-corrected chi connectivity index (χ0v) is 18.8. The molecule has 31 heavy (non-hydrogen) atoms. The van der Waals surface area contributed by atoms with Crippen LogP contribution in [0.15, 0.2) is 36.4 Å². The zero-order valence-electron chi connectivity index (χ0n) is 18.0. The molecular weight excluding hydrogens is 416 g/mol. The lowest BCUT2D eigenvalue weighted by Crippen LogP contribution is -2.29. The van der Waals surface area contributed by atoms with Crippen LogP contribution in [0.1, 0.15) is 37.0 Å². The quantitative estimate of drug-likeness (QED) is 0.648. The lowest BCUT2D eigenvalue weighted by molar-refractivity contribution is -0.151. The third-order valence-electron chi connectivity index (χ3n) is 5.49. The Hall–Kier alpha value is -2.86. The Labute approximate surface area is 187 Å². The fourth-order valence-corrected chi connectivity index (χ4v) is 3.95. The van der Waals surface area contributed by atoms with E-state index in [0.717, 1.165) is 35.2 Å². The highest BCUT2D eigenvalue weighted by atomic mass is 35.5. The summed E-state index contributed by atoms with van der Waals surface area (Å²) in [7, 11) is 0. The van der Waals surface area contributed by atoms with Crippen molar-refractivity contribution in [1.82, 2.24) is 0 Å². The first-order valence-corrected chi connectivity index (χ1v) is 10.9. The molecule has 2 amide bonds. The Bertz CT molecular complexity index is 983. The molecule has 164 valence electrons. The van der Waals surface area contributed by atoms with Gasteiger partial charge in [0.25, 0.3) is 5.91 Å². The van der Waals surface area contributed by atoms with Crippen LogP contribution in [0.4, 0.5) is 11.4 Å². The Morgan fingerprint density at radius 1 is 1.16 bits per heavy atom. The van der Waals surface area contributed by atoms with Gasteiger partial charge in [0.05, 0.1) is 5.92 Å². The molecule has 0 aliphatic carbocycles.